The predicted molar refractivity (Wildman–Crippen MR) is 115 cm³/mol. The molecule has 1 aliphatic heterocycles. The van der Waals surface area contributed by atoms with E-state index in [1.54, 1.807) is 33.2 Å². The molecule has 0 aliphatic carbocycles. The lowest BCUT2D eigenvalue weighted by Crippen LogP contribution is -2.51. The molecule has 0 unspecified atom stereocenters. The lowest BCUT2D eigenvalue weighted by atomic mass is 10.1. The molecular weight excluding hydrogens is 432 g/mol. The second kappa shape index (κ2) is 8.66. The molecular formula is C19H21ClN4O3S2. The van der Waals surface area contributed by atoms with Crippen molar-refractivity contribution in [2.75, 3.05) is 26.2 Å². The summed E-state index contributed by atoms with van der Waals surface area (Å²) in [7, 11) is -3.60. The minimum absolute atomic E-state index is 0. The molecule has 0 spiro atoms. The molecule has 4 rings (SSSR count). The summed E-state index contributed by atoms with van der Waals surface area (Å²) in [4.78, 5) is 14.7. The van der Waals surface area contributed by atoms with Gasteiger partial charge < -0.3 is 9.47 Å². The molecule has 1 fully saturated rings. The van der Waals surface area contributed by atoms with Crippen LogP contribution in [0, 0.1) is 5.41 Å². The highest BCUT2D eigenvalue weighted by molar-refractivity contribution is 7.89. The molecule has 0 radical (unpaired) electrons. The number of hydrogen-bond acceptors (Lipinski definition) is 5. The number of benzene rings is 2. The minimum atomic E-state index is -3.60. The number of carbonyl (C=O) groups excluding carboxylic acids is 1. The number of hydrogen-bond donors (Lipinski definition) is 1. The second-order valence-corrected chi connectivity index (χ2v) is 9.46. The third-order valence-electron chi connectivity index (χ3n) is 4.94. The number of aromatic nitrogens is 1. The van der Waals surface area contributed by atoms with Crippen LogP contribution in [0.15, 0.2) is 58.9 Å². The Morgan fingerprint density at radius 3 is 2.38 bits per heavy atom. The van der Waals surface area contributed by atoms with Crippen molar-refractivity contribution < 1.29 is 13.2 Å². The third-order valence-corrected chi connectivity index (χ3v) is 7.55. The van der Waals surface area contributed by atoms with E-state index in [0.29, 0.717) is 17.9 Å². The van der Waals surface area contributed by atoms with Gasteiger partial charge in [0.2, 0.25) is 15.9 Å². The average molecular weight is 453 g/mol. The largest absolute Gasteiger partial charge is 0.339 e. The maximum absolute atomic E-state index is 13.0. The van der Waals surface area contributed by atoms with E-state index in [1.165, 1.54) is 15.6 Å². The van der Waals surface area contributed by atoms with Crippen molar-refractivity contribution in [3.8, 4) is 0 Å². The van der Waals surface area contributed by atoms with Gasteiger partial charge in [-0.05, 0) is 22.9 Å². The number of amides is 1. The molecule has 154 valence electrons. The first-order valence-electron chi connectivity index (χ1n) is 8.90. The van der Waals surface area contributed by atoms with Crippen molar-refractivity contribution in [3.63, 3.8) is 0 Å². The lowest BCUT2D eigenvalue weighted by molar-refractivity contribution is -0.133. The number of fused-ring (bicyclic) bond motifs is 1. The molecule has 2 aromatic carbocycles. The summed E-state index contributed by atoms with van der Waals surface area (Å²) in [5.41, 5.74) is 0. The molecule has 3 aromatic rings. The van der Waals surface area contributed by atoms with Crippen LogP contribution < -0.4 is 4.80 Å². The van der Waals surface area contributed by atoms with Gasteiger partial charge in [-0.15, -0.1) is 23.7 Å². The summed E-state index contributed by atoms with van der Waals surface area (Å²) in [6.07, 6.45) is 1.71. The molecule has 1 aromatic heterocycles. The van der Waals surface area contributed by atoms with Crippen LogP contribution in [-0.2, 0) is 21.4 Å². The first-order chi connectivity index (χ1) is 13.4. The normalized spacial score (nSPS) is 15.2. The van der Waals surface area contributed by atoms with E-state index in [1.807, 2.05) is 30.3 Å². The highest BCUT2D eigenvalue weighted by atomic mass is 35.5. The Kier molecular flexibility index (Phi) is 6.42. The minimum Gasteiger partial charge on any atom is -0.339 e. The third kappa shape index (κ3) is 4.37. The first-order valence-corrected chi connectivity index (χ1v) is 11.2. The van der Waals surface area contributed by atoms with Crippen LogP contribution in [0.5, 0.6) is 0 Å². The fraction of sp³-hybridized carbons (Fsp3) is 0.263. The molecule has 1 N–H and O–H groups in total. The van der Waals surface area contributed by atoms with Crippen molar-refractivity contribution in [1.29, 1.82) is 5.41 Å². The van der Waals surface area contributed by atoms with E-state index >= 15 is 0 Å². The molecule has 0 saturated carbocycles. The average Bonchev–Trinajstić information content (AvgIpc) is 3.12. The zero-order chi connectivity index (χ0) is 19.7. The molecule has 1 saturated heterocycles. The number of halogens is 1. The van der Waals surface area contributed by atoms with Crippen LogP contribution >= 0.6 is 23.7 Å². The van der Waals surface area contributed by atoms with Gasteiger partial charge in [-0.3, -0.25) is 10.2 Å². The number of thiazole rings is 1. The number of nitrogens with one attached hydrogen (secondary N) is 1. The van der Waals surface area contributed by atoms with Crippen LogP contribution in [0.3, 0.4) is 0 Å². The first kappa shape index (κ1) is 21.5. The summed E-state index contributed by atoms with van der Waals surface area (Å²) in [5, 5.41) is 11.4. The molecule has 0 bridgehead atoms. The molecule has 10 heteroatoms. The number of nitrogens with zero attached hydrogens (tertiary/aromatic N) is 3. The van der Waals surface area contributed by atoms with Gasteiger partial charge in [0.1, 0.15) is 6.54 Å². The van der Waals surface area contributed by atoms with Gasteiger partial charge in [-0.2, -0.15) is 4.31 Å². The van der Waals surface area contributed by atoms with E-state index in [4.69, 9.17) is 5.41 Å². The van der Waals surface area contributed by atoms with Gasteiger partial charge in [-0.1, -0.05) is 30.3 Å². The summed E-state index contributed by atoms with van der Waals surface area (Å²) >= 11 is 1.27. The SMILES string of the molecule is Cl.N=c1sccn1CC(=O)N1CCN(S(=O)(=O)c2ccc3ccccc3c2)CC1. The monoisotopic (exact) mass is 452 g/mol. The van der Waals surface area contributed by atoms with Crippen molar-refractivity contribution >= 4 is 50.4 Å². The molecule has 7 nitrogen and oxygen atoms in total. The highest BCUT2D eigenvalue weighted by Crippen LogP contribution is 2.22. The Bertz CT molecular complexity index is 1180. The summed E-state index contributed by atoms with van der Waals surface area (Å²) in [6, 6.07) is 12.8. The Balaban J connectivity index is 0.00000240. The molecule has 1 amide bonds. The number of sulfonamides is 1. The maximum Gasteiger partial charge on any atom is 0.243 e. The highest BCUT2D eigenvalue weighted by Gasteiger charge is 2.30. The van der Waals surface area contributed by atoms with Crippen LogP contribution in [0.2, 0.25) is 0 Å². The molecule has 0 atom stereocenters. The van der Waals surface area contributed by atoms with Crippen LogP contribution in [0.4, 0.5) is 0 Å². The fourth-order valence-electron chi connectivity index (χ4n) is 3.33. The number of carbonyl (C=O) groups is 1. The summed E-state index contributed by atoms with van der Waals surface area (Å²) in [6.45, 7) is 1.35. The Labute approximate surface area is 179 Å². The van der Waals surface area contributed by atoms with Gasteiger partial charge in [0, 0.05) is 37.8 Å². The molecule has 29 heavy (non-hydrogen) atoms. The van der Waals surface area contributed by atoms with Crippen molar-refractivity contribution in [1.82, 2.24) is 13.8 Å². The zero-order valence-corrected chi connectivity index (χ0v) is 18.0. The van der Waals surface area contributed by atoms with Gasteiger partial charge >= 0.3 is 0 Å². The van der Waals surface area contributed by atoms with Crippen molar-refractivity contribution in [2.45, 2.75) is 11.4 Å². The number of rotatable bonds is 4. The van der Waals surface area contributed by atoms with Crippen LogP contribution in [-0.4, -0.2) is 54.3 Å². The summed E-state index contributed by atoms with van der Waals surface area (Å²) in [5.74, 6) is -0.0975. The van der Waals surface area contributed by atoms with Gasteiger partial charge in [0.05, 0.1) is 4.90 Å². The Morgan fingerprint density at radius 1 is 1.03 bits per heavy atom. The van der Waals surface area contributed by atoms with Gasteiger partial charge in [-0.25, -0.2) is 8.42 Å². The lowest BCUT2D eigenvalue weighted by Gasteiger charge is -2.34. The quantitative estimate of drug-likeness (QED) is 0.658. The van der Waals surface area contributed by atoms with E-state index in [-0.39, 0.29) is 42.8 Å². The van der Waals surface area contributed by atoms with Gasteiger partial charge in [0.15, 0.2) is 4.80 Å². The number of piperazine rings is 1. The Morgan fingerprint density at radius 2 is 1.72 bits per heavy atom. The topological polar surface area (TPSA) is 86.5 Å². The predicted octanol–water partition coefficient (Wildman–Crippen LogP) is 2.14. The maximum atomic E-state index is 13.0. The second-order valence-electron chi connectivity index (χ2n) is 6.63. The van der Waals surface area contributed by atoms with Crippen molar-refractivity contribution in [3.05, 3.63) is 58.8 Å². The Hall–Kier alpha value is -2.20. The molecule has 2 heterocycles. The van der Waals surface area contributed by atoms with Gasteiger partial charge in [0.25, 0.3) is 0 Å². The van der Waals surface area contributed by atoms with Crippen LogP contribution in [0.1, 0.15) is 0 Å². The smallest absolute Gasteiger partial charge is 0.243 e. The zero-order valence-electron chi connectivity index (χ0n) is 15.5. The summed E-state index contributed by atoms with van der Waals surface area (Å²) < 4.78 is 29.0. The molecule has 1 aliphatic rings. The van der Waals surface area contributed by atoms with E-state index in [2.05, 4.69) is 0 Å². The standard InChI is InChI=1S/C19H20N4O3S2.ClH/c20-19-22(11-12-27-19)14-18(24)21-7-9-23(10-8-21)28(25,26)17-6-5-15-3-1-2-4-16(15)13-17;/h1-6,11-13,20H,7-10,14H2;1H. The fourth-order valence-corrected chi connectivity index (χ4v) is 5.38. The van der Waals surface area contributed by atoms with E-state index in [9.17, 15) is 13.2 Å². The van der Waals surface area contributed by atoms with Crippen LogP contribution in [0.25, 0.3) is 10.8 Å². The van der Waals surface area contributed by atoms with E-state index in [0.717, 1.165) is 10.8 Å². The van der Waals surface area contributed by atoms with Crippen molar-refractivity contribution in [2.24, 2.45) is 0 Å². The van der Waals surface area contributed by atoms with E-state index < -0.39 is 10.0 Å².